The minimum Gasteiger partial charge on any atom is -0.456 e. The molecule has 2 nitrogen and oxygen atoms in total. The van der Waals surface area contributed by atoms with Crippen molar-refractivity contribution in [2.75, 3.05) is 0 Å². The number of rotatable bonds is 1. The molecule has 0 bridgehead atoms. The van der Waals surface area contributed by atoms with E-state index < -0.39 is 0 Å². The highest BCUT2D eigenvalue weighted by molar-refractivity contribution is 7.99. The molecule has 0 saturated heterocycles. The van der Waals surface area contributed by atoms with E-state index in [-0.39, 0.29) is 5.41 Å². The van der Waals surface area contributed by atoms with Crippen LogP contribution >= 0.6 is 11.8 Å². The number of pyridine rings is 1. The molecule has 3 aromatic carbocycles. The maximum atomic E-state index is 6.49. The molecule has 0 atom stereocenters. The molecule has 0 spiro atoms. The maximum absolute atomic E-state index is 6.49. The van der Waals surface area contributed by atoms with Gasteiger partial charge in [-0.25, -0.2) is 4.57 Å². The van der Waals surface area contributed by atoms with Crippen molar-refractivity contribution in [3.05, 3.63) is 64.8 Å². The monoisotopic (exact) mass is 452 g/mol. The second-order valence-electron chi connectivity index (χ2n) is 10.9. The first-order valence-corrected chi connectivity index (χ1v) is 12.5. The van der Waals surface area contributed by atoms with Crippen LogP contribution in [0.3, 0.4) is 0 Å². The lowest BCUT2D eigenvalue weighted by Gasteiger charge is -2.22. The summed E-state index contributed by atoms with van der Waals surface area (Å²) >= 11 is 1.90. The first-order valence-electron chi connectivity index (χ1n) is 11.7. The van der Waals surface area contributed by atoms with Crippen molar-refractivity contribution in [1.82, 2.24) is 0 Å². The van der Waals surface area contributed by atoms with E-state index in [1.54, 1.807) is 0 Å². The van der Waals surface area contributed by atoms with Gasteiger partial charge in [-0.3, -0.25) is 0 Å². The van der Waals surface area contributed by atoms with E-state index in [0.717, 1.165) is 17.6 Å². The summed E-state index contributed by atoms with van der Waals surface area (Å²) in [5.41, 5.74) is 10.3. The highest BCUT2D eigenvalue weighted by atomic mass is 32.2. The van der Waals surface area contributed by atoms with Crippen LogP contribution in [0.5, 0.6) is 0 Å². The molecule has 0 radical (unpaired) electrons. The van der Waals surface area contributed by atoms with Crippen LogP contribution in [0.15, 0.2) is 56.8 Å². The quantitative estimate of drug-likeness (QED) is 0.234. The predicted molar refractivity (Wildman–Crippen MR) is 139 cm³/mol. The van der Waals surface area contributed by atoms with E-state index in [2.05, 4.69) is 95.8 Å². The molecule has 3 heterocycles. The molecule has 3 heteroatoms. The van der Waals surface area contributed by atoms with Crippen molar-refractivity contribution < 1.29 is 8.98 Å². The molecule has 5 aromatic rings. The first-order chi connectivity index (χ1) is 15.6. The van der Waals surface area contributed by atoms with Crippen LogP contribution in [-0.4, -0.2) is 0 Å². The Labute approximate surface area is 199 Å². The second kappa shape index (κ2) is 6.87. The molecule has 0 aliphatic carbocycles. The highest BCUT2D eigenvalue weighted by Gasteiger charge is 2.31. The van der Waals surface area contributed by atoms with Crippen molar-refractivity contribution in [2.24, 2.45) is 12.5 Å². The summed E-state index contributed by atoms with van der Waals surface area (Å²) in [5.74, 6) is 0. The van der Waals surface area contributed by atoms with Crippen molar-refractivity contribution in [2.45, 2.75) is 57.8 Å². The molecular weight excluding hydrogens is 422 g/mol. The normalized spacial score (nSPS) is 13.3. The number of fused-ring (bicyclic) bond motifs is 6. The van der Waals surface area contributed by atoms with Gasteiger partial charge < -0.3 is 4.42 Å². The van der Waals surface area contributed by atoms with Crippen molar-refractivity contribution in [3.63, 3.8) is 0 Å². The van der Waals surface area contributed by atoms with Crippen LogP contribution in [0, 0.1) is 26.2 Å². The van der Waals surface area contributed by atoms with Crippen LogP contribution in [0.4, 0.5) is 0 Å². The Morgan fingerprint density at radius 3 is 2.42 bits per heavy atom. The smallest absolute Gasteiger partial charge is 0.222 e. The first kappa shape index (κ1) is 20.8. The van der Waals surface area contributed by atoms with E-state index in [9.17, 15) is 0 Å². The number of hydrogen-bond acceptors (Lipinski definition) is 2. The lowest BCUT2D eigenvalue weighted by Crippen LogP contribution is -2.32. The molecule has 166 valence electrons. The Hall–Kier alpha value is -2.78. The van der Waals surface area contributed by atoms with Crippen LogP contribution < -0.4 is 4.57 Å². The Bertz CT molecular complexity index is 1630. The number of nitrogens with zero attached hydrogens (tertiary/aromatic N) is 1. The van der Waals surface area contributed by atoms with Gasteiger partial charge in [0.2, 0.25) is 5.69 Å². The fourth-order valence-electron chi connectivity index (χ4n) is 5.53. The molecule has 2 aromatic heterocycles. The molecule has 0 fully saturated rings. The molecular formula is C30H30NOS+. The summed E-state index contributed by atoms with van der Waals surface area (Å²) < 4.78 is 8.79. The molecule has 0 amide bonds. The van der Waals surface area contributed by atoms with Crippen LogP contribution in [0.1, 0.15) is 43.0 Å². The Morgan fingerprint density at radius 1 is 0.879 bits per heavy atom. The number of hydrogen-bond donors (Lipinski definition) is 0. The third-order valence-corrected chi connectivity index (χ3v) is 8.32. The second-order valence-corrected chi connectivity index (χ2v) is 12.0. The number of aromatic nitrogens is 1. The number of benzene rings is 3. The highest BCUT2D eigenvalue weighted by Crippen LogP contribution is 2.52. The average molecular weight is 453 g/mol. The topological polar surface area (TPSA) is 17.0 Å². The number of furan rings is 1. The molecule has 6 rings (SSSR count). The maximum Gasteiger partial charge on any atom is 0.222 e. The molecule has 1 aliphatic rings. The van der Waals surface area contributed by atoms with Crippen molar-refractivity contribution in [1.29, 1.82) is 0 Å². The summed E-state index contributed by atoms with van der Waals surface area (Å²) in [5, 5.41) is 5.08. The van der Waals surface area contributed by atoms with Gasteiger partial charge in [0, 0.05) is 32.0 Å². The van der Waals surface area contributed by atoms with Gasteiger partial charge in [-0.15, -0.1) is 0 Å². The minimum absolute atomic E-state index is 0.248. The lowest BCUT2D eigenvalue weighted by molar-refractivity contribution is -0.659. The lowest BCUT2D eigenvalue weighted by atomic mass is 9.88. The van der Waals surface area contributed by atoms with E-state index in [1.165, 1.54) is 64.8 Å². The largest absolute Gasteiger partial charge is 0.456 e. The number of aryl methyl sites for hydroxylation is 3. The summed E-state index contributed by atoms with van der Waals surface area (Å²) in [7, 11) is 2.17. The van der Waals surface area contributed by atoms with Gasteiger partial charge in [-0.05, 0) is 67.0 Å². The van der Waals surface area contributed by atoms with Gasteiger partial charge in [0.25, 0.3) is 0 Å². The van der Waals surface area contributed by atoms with Crippen molar-refractivity contribution >= 4 is 44.5 Å². The fraction of sp³-hybridized carbons (Fsp3) is 0.300. The Morgan fingerprint density at radius 2 is 1.67 bits per heavy atom. The molecule has 33 heavy (non-hydrogen) atoms. The van der Waals surface area contributed by atoms with Gasteiger partial charge >= 0.3 is 0 Å². The zero-order valence-corrected chi connectivity index (χ0v) is 21.3. The third-order valence-electron chi connectivity index (χ3n) is 7.05. The zero-order valence-electron chi connectivity index (χ0n) is 20.5. The Balaban J connectivity index is 1.71. The van der Waals surface area contributed by atoms with Crippen LogP contribution in [0.2, 0.25) is 0 Å². The fourth-order valence-corrected chi connectivity index (χ4v) is 6.80. The minimum atomic E-state index is 0.248. The van der Waals surface area contributed by atoms with Crippen LogP contribution in [0.25, 0.3) is 44.0 Å². The SMILES string of the molecule is Cc1cc(C)c2c(c1C)-c1c3c(cc4oc5cc(CC(C)(C)C)ccc5c4c3cc[n+]1C)S2. The Kier molecular flexibility index (Phi) is 4.33. The third kappa shape index (κ3) is 3.05. The van der Waals surface area contributed by atoms with Gasteiger partial charge in [0.05, 0.1) is 10.9 Å². The molecule has 1 aliphatic heterocycles. The zero-order chi connectivity index (χ0) is 23.2. The predicted octanol–water partition coefficient (Wildman–Crippen LogP) is 8.21. The van der Waals surface area contributed by atoms with Gasteiger partial charge in [-0.2, -0.15) is 0 Å². The molecule has 0 unspecified atom stereocenters. The van der Waals surface area contributed by atoms with Gasteiger partial charge in [-0.1, -0.05) is 50.7 Å². The van der Waals surface area contributed by atoms with E-state index >= 15 is 0 Å². The molecule has 0 saturated carbocycles. The van der Waals surface area contributed by atoms with Crippen LogP contribution in [-0.2, 0) is 13.5 Å². The standard InChI is InChI=1S/C30H30NOS/c1-16-12-17(2)29-25(18(16)3)28-27-21(10-11-31(28)7)26-20-9-8-19(15-30(4,5)6)13-22(20)32-23(26)14-24(27)33-29/h8-14H,15H2,1-7H3/q+1. The summed E-state index contributed by atoms with van der Waals surface area (Å²) in [6.45, 7) is 13.6. The summed E-state index contributed by atoms with van der Waals surface area (Å²) in [6.07, 6.45) is 3.25. The van der Waals surface area contributed by atoms with Crippen molar-refractivity contribution in [3.8, 4) is 11.3 Å². The average Bonchev–Trinajstić information content (AvgIpc) is 3.09. The van der Waals surface area contributed by atoms with E-state index in [1.807, 2.05) is 11.8 Å². The summed E-state index contributed by atoms with van der Waals surface area (Å²) in [6, 6.07) is 13.6. The molecule has 0 N–H and O–H groups in total. The summed E-state index contributed by atoms with van der Waals surface area (Å²) in [4.78, 5) is 2.66. The van der Waals surface area contributed by atoms with E-state index in [4.69, 9.17) is 4.42 Å². The van der Waals surface area contributed by atoms with E-state index in [0.29, 0.717) is 0 Å². The van der Waals surface area contributed by atoms with Gasteiger partial charge in [0.15, 0.2) is 6.20 Å². The van der Waals surface area contributed by atoms with Gasteiger partial charge in [0.1, 0.15) is 18.2 Å².